The number of nitrogens with zero attached hydrogens (tertiary/aromatic N) is 2. The molecule has 0 spiro atoms. The second-order valence-corrected chi connectivity index (χ2v) is 6.57. The van der Waals surface area contributed by atoms with Crippen LogP contribution in [0.1, 0.15) is 38.7 Å². The number of benzene rings is 2. The number of amidine groups is 1. The summed E-state index contributed by atoms with van der Waals surface area (Å²) >= 11 is 0. The number of aliphatic imine (C=N–C) groups is 2. The van der Waals surface area contributed by atoms with Gasteiger partial charge in [-0.15, -0.1) is 0 Å². The minimum absolute atomic E-state index is 0.106. The van der Waals surface area contributed by atoms with Crippen LogP contribution in [0.25, 0.3) is 0 Å². The Hall–Kier alpha value is -2.82. The molecule has 0 saturated heterocycles. The van der Waals surface area contributed by atoms with Gasteiger partial charge in [0, 0.05) is 11.6 Å². The zero-order valence-electron chi connectivity index (χ0n) is 15.2. The Bertz CT molecular complexity index is 869. The second-order valence-electron chi connectivity index (χ2n) is 6.57. The summed E-state index contributed by atoms with van der Waals surface area (Å²) in [5.74, 6) is -0.375. The number of hydrogen-bond acceptors (Lipinski definition) is 3. The van der Waals surface area contributed by atoms with Crippen molar-refractivity contribution in [2.75, 3.05) is 0 Å². The summed E-state index contributed by atoms with van der Waals surface area (Å²) in [4.78, 5) is 21.9. The van der Waals surface area contributed by atoms with E-state index in [4.69, 9.17) is 9.98 Å². The van der Waals surface area contributed by atoms with Gasteiger partial charge in [0.15, 0.2) is 0 Å². The van der Waals surface area contributed by atoms with Crippen LogP contribution >= 0.6 is 0 Å². The molecule has 0 bridgehead atoms. The lowest BCUT2D eigenvalue weighted by atomic mass is 9.90. The predicted octanol–water partition coefficient (Wildman–Crippen LogP) is 4.91. The standard InChI is InChI=1S/C21H22FN3O/c1-4-16-19(14-9-11-15(22)12-10-14)20(25-21(26)13(2)3)24-18-8-6-5-7-17(18)23-16/h5-13,19H,4H2,1-3H3,(H,24,25,26)/t19-/m0/s1. The number of rotatable bonds is 3. The minimum Gasteiger partial charge on any atom is -0.313 e. The van der Waals surface area contributed by atoms with Crippen molar-refractivity contribution in [2.24, 2.45) is 15.9 Å². The molecule has 0 unspecified atom stereocenters. The van der Waals surface area contributed by atoms with Crippen LogP contribution in [-0.2, 0) is 4.79 Å². The van der Waals surface area contributed by atoms with Gasteiger partial charge in [-0.05, 0) is 36.2 Å². The summed E-state index contributed by atoms with van der Waals surface area (Å²) < 4.78 is 13.4. The number of hydrogen-bond donors (Lipinski definition) is 1. The molecule has 2 aromatic rings. The van der Waals surface area contributed by atoms with Gasteiger partial charge in [-0.3, -0.25) is 9.79 Å². The van der Waals surface area contributed by atoms with E-state index < -0.39 is 0 Å². The molecule has 0 fully saturated rings. The highest BCUT2D eigenvalue weighted by Crippen LogP contribution is 2.35. The van der Waals surface area contributed by atoms with E-state index >= 15 is 0 Å². The lowest BCUT2D eigenvalue weighted by molar-refractivity contribution is -0.122. The number of nitrogens with one attached hydrogen (secondary N) is 1. The lowest BCUT2D eigenvalue weighted by Crippen LogP contribution is -2.39. The molecule has 0 aliphatic carbocycles. The van der Waals surface area contributed by atoms with Crippen LogP contribution in [0.5, 0.6) is 0 Å². The fourth-order valence-electron chi connectivity index (χ4n) is 2.88. The second kappa shape index (κ2) is 7.60. The monoisotopic (exact) mass is 351 g/mol. The lowest BCUT2D eigenvalue weighted by Gasteiger charge is -2.21. The Labute approximate surface area is 152 Å². The molecule has 1 heterocycles. The highest BCUT2D eigenvalue weighted by Gasteiger charge is 2.28. The highest BCUT2D eigenvalue weighted by atomic mass is 19.1. The van der Waals surface area contributed by atoms with E-state index in [1.807, 2.05) is 45.0 Å². The summed E-state index contributed by atoms with van der Waals surface area (Å²) in [5, 5.41) is 2.96. The zero-order chi connectivity index (χ0) is 18.7. The molecule has 2 aromatic carbocycles. The molecule has 1 aliphatic heterocycles. The average Bonchev–Trinajstić information content (AvgIpc) is 2.78. The maximum Gasteiger partial charge on any atom is 0.227 e. The summed E-state index contributed by atoms with van der Waals surface area (Å²) in [6.07, 6.45) is 0.687. The van der Waals surface area contributed by atoms with Crippen molar-refractivity contribution in [3.63, 3.8) is 0 Å². The molecule has 3 rings (SSSR count). The predicted molar refractivity (Wildman–Crippen MR) is 103 cm³/mol. The van der Waals surface area contributed by atoms with E-state index in [-0.39, 0.29) is 23.6 Å². The van der Waals surface area contributed by atoms with Crippen molar-refractivity contribution >= 4 is 28.8 Å². The number of carbonyl (C=O) groups is 1. The smallest absolute Gasteiger partial charge is 0.227 e. The first kappa shape index (κ1) is 18.0. The van der Waals surface area contributed by atoms with E-state index in [2.05, 4.69) is 5.32 Å². The van der Waals surface area contributed by atoms with Gasteiger partial charge < -0.3 is 5.32 Å². The van der Waals surface area contributed by atoms with Crippen molar-refractivity contribution in [3.8, 4) is 0 Å². The van der Waals surface area contributed by atoms with Gasteiger partial charge in [0.1, 0.15) is 11.7 Å². The van der Waals surface area contributed by atoms with Crippen molar-refractivity contribution < 1.29 is 9.18 Å². The third-order valence-electron chi connectivity index (χ3n) is 4.33. The zero-order valence-corrected chi connectivity index (χ0v) is 15.2. The van der Waals surface area contributed by atoms with E-state index in [9.17, 15) is 9.18 Å². The molecule has 0 saturated carbocycles. The summed E-state index contributed by atoms with van der Waals surface area (Å²) in [6.45, 7) is 5.69. The van der Waals surface area contributed by atoms with Gasteiger partial charge in [-0.25, -0.2) is 9.38 Å². The molecule has 5 heteroatoms. The van der Waals surface area contributed by atoms with Crippen LogP contribution in [0, 0.1) is 11.7 Å². The SMILES string of the molecule is CCC1=Nc2ccccc2N=C(NC(=O)C(C)C)[C@H]1c1ccc(F)cc1. The maximum atomic E-state index is 13.4. The maximum absolute atomic E-state index is 13.4. The molecule has 1 aliphatic rings. The summed E-state index contributed by atoms with van der Waals surface area (Å²) in [7, 11) is 0. The van der Waals surface area contributed by atoms with E-state index in [1.165, 1.54) is 12.1 Å². The Morgan fingerprint density at radius 3 is 2.27 bits per heavy atom. The first-order chi connectivity index (χ1) is 12.5. The molecule has 1 N–H and O–H groups in total. The normalized spacial score (nSPS) is 16.4. The molecular formula is C21H22FN3O. The number of amides is 1. The first-order valence-electron chi connectivity index (χ1n) is 8.81. The number of fused-ring (bicyclic) bond motifs is 1. The largest absolute Gasteiger partial charge is 0.313 e. The molecule has 1 amide bonds. The van der Waals surface area contributed by atoms with Crippen LogP contribution in [0.2, 0.25) is 0 Å². The quantitative estimate of drug-likeness (QED) is 0.839. The van der Waals surface area contributed by atoms with Crippen molar-refractivity contribution in [2.45, 2.75) is 33.1 Å². The number of halogens is 1. The fourth-order valence-corrected chi connectivity index (χ4v) is 2.88. The van der Waals surface area contributed by atoms with E-state index in [0.29, 0.717) is 17.9 Å². The summed E-state index contributed by atoms with van der Waals surface area (Å²) in [6, 6.07) is 13.9. The van der Waals surface area contributed by atoms with Gasteiger partial charge in [0.2, 0.25) is 5.91 Å². The van der Waals surface area contributed by atoms with Crippen LogP contribution < -0.4 is 5.32 Å². The minimum atomic E-state index is -0.323. The average molecular weight is 351 g/mol. The molecule has 1 atom stereocenters. The highest BCUT2D eigenvalue weighted by molar-refractivity contribution is 6.17. The molecule has 134 valence electrons. The summed E-state index contributed by atoms with van der Waals surface area (Å²) in [5.41, 5.74) is 3.21. The molecular weight excluding hydrogens is 329 g/mol. The topological polar surface area (TPSA) is 53.8 Å². The van der Waals surface area contributed by atoms with Gasteiger partial charge in [-0.1, -0.05) is 45.0 Å². The molecule has 0 aromatic heterocycles. The van der Waals surface area contributed by atoms with Crippen molar-refractivity contribution in [3.05, 3.63) is 59.9 Å². The Balaban J connectivity index is 2.16. The molecule has 26 heavy (non-hydrogen) atoms. The number of carbonyl (C=O) groups excluding carboxylic acids is 1. The van der Waals surface area contributed by atoms with Crippen molar-refractivity contribution in [1.29, 1.82) is 0 Å². The fraction of sp³-hybridized carbons (Fsp3) is 0.286. The third-order valence-corrected chi connectivity index (χ3v) is 4.33. The van der Waals surface area contributed by atoms with Gasteiger partial charge in [0.25, 0.3) is 0 Å². The van der Waals surface area contributed by atoms with Gasteiger partial charge >= 0.3 is 0 Å². The third kappa shape index (κ3) is 3.72. The van der Waals surface area contributed by atoms with Crippen LogP contribution in [0.3, 0.4) is 0 Å². The van der Waals surface area contributed by atoms with Gasteiger partial charge in [-0.2, -0.15) is 0 Å². The van der Waals surface area contributed by atoms with Crippen LogP contribution in [0.4, 0.5) is 15.8 Å². The van der Waals surface area contributed by atoms with Gasteiger partial charge in [0.05, 0.1) is 17.3 Å². The van der Waals surface area contributed by atoms with Crippen molar-refractivity contribution in [1.82, 2.24) is 5.32 Å². The Morgan fingerprint density at radius 1 is 1.08 bits per heavy atom. The van der Waals surface area contributed by atoms with Crippen LogP contribution in [0.15, 0.2) is 58.5 Å². The first-order valence-corrected chi connectivity index (χ1v) is 8.81. The van der Waals surface area contributed by atoms with E-state index in [0.717, 1.165) is 17.0 Å². The molecule has 0 radical (unpaired) electrons. The Morgan fingerprint density at radius 2 is 1.69 bits per heavy atom. The molecule has 4 nitrogen and oxygen atoms in total. The Kier molecular flexibility index (Phi) is 5.26. The number of para-hydroxylation sites is 2. The van der Waals surface area contributed by atoms with Crippen LogP contribution in [-0.4, -0.2) is 17.5 Å². The van der Waals surface area contributed by atoms with E-state index in [1.54, 1.807) is 12.1 Å².